The molecule has 0 atom stereocenters. The molecule has 1 aromatic heterocycles. The number of carbonyl (C=O) groups is 1. The molecule has 0 radical (unpaired) electrons. The quantitative estimate of drug-likeness (QED) is 0.780. The molecule has 0 N–H and O–H groups in total. The molecule has 0 bridgehead atoms. The second kappa shape index (κ2) is 4.75. The normalized spacial score (nSPS) is 10.3. The van der Waals surface area contributed by atoms with Gasteiger partial charge in [0.15, 0.2) is 5.78 Å². The minimum atomic E-state index is 0.175. The van der Waals surface area contributed by atoms with Crippen molar-refractivity contribution in [2.75, 3.05) is 0 Å². The minimum absolute atomic E-state index is 0.175. The van der Waals surface area contributed by atoms with Crippen LogP contribution in [-0.2, 0) is 17.8 Å². The van der Waals surface area contributed by atoms with Gasteiger partial charge < -0.3 is 0 Å². The topological polar surface area (TPSA) is 34.9 Å². The molecule has 0 aliphatic rings. The van der Waals surface area contributed by atoms with E-state index in [-0.39, 0.29) is 5.78 Å². The SMILES string of the molecule is Cc1cnn(CC(=O)Cc2ccccc2)c1. The summed E-state index contributed by atoms with van der Waals surface area (Å²) in [5.41, 5.74) is 2.13. The van der Waals surface area contributed by atoms with Crippen LogP contribution in [0.1, 0.15) is 11.1 Å². The number of hydrogen-bond acceptors (Lipinski definition) is 2. The summed E-state index contributed by atoms with van der Waals surface area (Å²) < 4.78 is 1.68. The van der Waals surface area contributed by atoms with Gasteiger partial charge in [0, 0.05) is 12.6 Å². The number of aromatic nitrogens is 2. The summed E-state index contributed by atoms with van der Waals surface area (Å²) in [4.78, 5) is 11.7. The summed E-state index contributed by atoms with van der Waals surface area (Å²) in [6.45, 7) is 2.31. The number of Topliss-reactive ketones (excluding diaryl/α,β-unsaturated/α-hetero) is 1. The molecule has 3 nitrogen and oxygen atoms in total. The summed E-state index contributed by atoms with van der Waals surface area (Å²) in [5.74, 6) is 0.175. The van der Waals surface area contributed by atoms with Gasteiger partial charge in [0.05, 0.1) is 12.7 Å². The van der Waals surface area contributed by atoms with Gasteiger partial charge in [-0.25, -0.2) is 0 Å². The van der Waals surface area contributed by atoms with Gasteiger partial charge in [-0.15, -0.1) is 0 Å². The Balaban J connectivity index is 1.95. The highest BCUT2D eigenvalue weighted by Crippen LogP contribution is 2.02. The molecule has 0 saturated heterocycles. The predicted octanol–water partition coefficient (Wildman–Crippen LogP) is 2.00. The highest BCUT2D eigenvalue weighted by atomic mass is 16.1. The van der Waals surface area contributed by atoms with E-state index in [0.717, 1.165) is 11.1 Å². The zero-order valence-corrected chi connectivity index (χ0v) is 9.26. The first kappa shape index (κ1) is 10.6. The lowest BCUT2D eigenvalue weighted by atomic mass is 10.1. The molecule has 1 heterocycles. The third kappa shape index (κ3) is 2.79. The van der Waals surface area contributed by atoms with Gasteiger partial charge in [-0.2, -0.15) is 5.10 Å². The molecule has 0 unspecified atom stereocenters. The lowest BCUT2D eigenvalue weighted by molar-refractivity contribution is -0.119. The van der Waals surface area contributed by atoms with Crippen LogP contribution in [-0.4, -0.2) is 15.6 Å². The maximum absolute atomic E-state index is 11.7. The molecular weight excluding hydrogens is 200 g/mol. The Hall–Kier alpha value is -1.90. The van der Waals surface area contributed by atoms with E-state index >= 15 is 0 Å². The second-order valence-corrected chi connectivity index (χ2v) is 3.92. The van der Waals surface area contributed by atoms with Crippen molar-refractivity contribution in [1.82, 2.24) is 9.78 Å². The summed E-state index contributed by atoms with van der Waals surface area (Å²) in [6.07, 6.45) is 4.11. The molecule has 0 amide bonds. The predicted molar refractivity (Wildman–Crippen MR) is 62.1 cm³/mol. The Kier molecular flexibility index (Phi) is 3.15. The summed E-state index contributed by atoms with van der Waals surface area (Å²) in [7, 11) is 0. The maximum atomic E-state index is 11.7. The van der Waals surface area contributed by atoms with Gasteiger partial charge in [0.2, 0.25) is 0 Å². The zero-order chi connectivity index (χ0) is 11.4. The first-order chi connectivity index (χ1) is 7.74. The Morgan fingerprint density at radius 1 is 1.31 bits per heavy atom. The fourth-order valence-corrected chi connectivity index (χ4v) is 1.61. The van der Waals surface area contributed by atoms with E-state index in [0.29, 0.717) is 13.0 Å². The van der Waals surface area contributed by atoms with Crippen LogP contribution in [0.3, 0.4) is 0 Å². The monoisotopic (exact) mass is 214 g/mol. The van der Waals surface area contributed by atoms with Crippen molar-refractivity contribution in [2.24, 2.45) is 0 Å². The van der Waals surface area contributed by atoms with Crippen LogP contribution in [0, 0.1) is 6.92 Å². The van der Waals surface area contributed by atoms with E-state index < -0.39 is 0 Å². The van der Waals surface area contributed by atoms with Crippen molar-refractivity contribution in [1.29, 1.82) is 0 Å². The number of aryl methyl sites for hydroxylation is 1. The fourth-order valence-electron chi connectivity index (χ4n) is 1.61. The van der Waals surface area contributed by atoms with Gasteiger partial charge in [-0.05, 0) is 18.1 Å². The van der Waals surface area contributed by atoms with Gasteiger partial charge in [-0.3, -0.25) is 9.48 Å². The average Bonchev–Trinajstić information content (AvgIpc) is 2.65. The first-order valence-corrected chi connectivity index (χ1v) is 5.29. The van der Waals surface area contributed by atoms with Crippen LogP contribution in [0.2, 0.25) is 0 Å². The summed E-state index contributed by atoms with van der Waals surface area (Å²) in [6, 6.07) is 9.77. The maximum Gasteiger partial charge on any atom is 0.158 e. The van der Waals surface area contributed by atoms with E-state index in [4.69, 9.17) is 0 Å². The number of hydrogen-bond donors (Lipinski definition) is 0. The Morgan fingerprint density at radius 3 is 2.69 bits per heavy atom. The third-order valence-corrected chi connectivity index (χ3v) is 2.34. The summed E-state index contributed by atoms with van der Waals surface area (Å²) in [5, 5.41) is 4.09. The van der Waals surface area contributed by atoms with Crippen molar-refractivity contribution in [3.8, 4) is 0 Å². The summed E-state index contributed by atoms with van der Waals surface area (Å²) >= 11 is 0. The molecule has 0 aliphatic heterocycles. The van der Waals surface area contributed by atoms with Crippen LogP contribution in [0.15, 0.2) is 42.7 Å². The van der Waals surface area contributed by atoms with Gasteiger partial charge in [0.1, 0.15) is 0 Å². The molecule has 2 aromatic rings. The van der Waals surface area contributed by atoms with Crippen molar-refractivity contribution in [3.63, 3.8) is 0 Å². The highest BCUT2D eigenvalue weighted by molar-refractivity contribution is 5.80. The molecule has 3 heteroatoms. The fraction of sp³-hybridized carbons (Fsp3) is 0.231. The van der Waals surface area contributed by atoms with Crippen LogP contribution in [0.4, 0.5) is 0 Å². The van der Waals surface area contributed by atoms with E-state index in [1.54, 1.807) is 10.9 Å². The average molecular weight is 214 g/mol. The van der Waals surface area contributed by atoms with Crippen LogP contribution in [0.25, 0.3) is 0 Å². The lowest BCUT2D eigenvalue weighted by Crippen LogP contribution is -2.12. The van der Waals surface area contributed by atoms with E-state index in [1.165, 1.54) is 0 Å². The molecule has 1 aromatic carbocycles. The third-order valence-electron chi connectivity index (χ3n) is 2.34. The van der Waals surface area contributed by atoms with Gasteiger partial charge in [-0.1, -0.05) is 30.3 Å². The van der Waals surface area contributed by atoms with E-state index in [2.05, 4.69) is 5.10 Å². The number of nitrogens with zero attached hydrogens (tertiary/aromatic N) is 2. The molecule has 0 spiro atoms. The molecule has 16 heavy (non-hydrogen) atoms. The first-order valence-electron chi connectivity index (χ1n) is 5.29. The number of benzene rings is 1. The minimum Gasteiger partial charge on any atom is -0.297 e. The Bertz CT molecular complexity index is 474. The second-order valence-electron chi connectivity index (χ2n) is 3.92. The lowest BCUT2D eigenvalue weighted by Gasteiger charge is -2.01. The van der Waals surface area contributed by atoms with Gasteiger partial charge in [0.25, 0.3) is 0 Å². The van der Waals surface area contributed by atoms with Crippen LogP contribution in [0.5, 0.6) is 0 Å². The van der Waals surface area contributed by atoms with Crippen molar-refractivity contribution in [2.45, 2.75) is 19.9 Å². The molecule has 0 saturated carbocycles. The highest BCUT2D eigenvalue weighted by Gasteiger charge is 2.05. The smallest absolute Gasteiger partial charge is 0.158 e. The largest absolute Gasteiger partial charge is 0.297 e. The molecule has 0 aliphatic carbocycles. The van der Waals surface area contributed by atoms with Crippen LogP contribution >= 0.6 is 0 Å². The van der Waals surface area contributed by atoms with E-state index in [9.17, 15) is 4.79 Å². The Morgan fingerprint density at radius 2 is 2.06 bits per heavy atom. The molecule has 2 rings (SSSR count). The number of ketones is 1. The number of carbonyl (C=O) groups excluding carboxylic acids is 1. The van der Waals surface area contributed by atoms with Gasteiger partial charge >= 0.3 is 0 Å². The zero-order valence-electron chi connectivity index (χ0n) is 9.26. The molecule has 0 fully saturated rings. The van der Waals surface area contributed by atoms with Crippen molar-refractivity contribution < 1.29 is 4.79 Å². The van der Waals surface area contributed by atoms with Crippen molar-refractivity contribution in [3.05, 3.63) is 53.9 Å². The molecule has 82 valence electrons. The number of rotatable bonds is 4. The van der Waals surface area contributed by atoms with E-state index in [1.807, 2.05) is 43.5 Å². The Labute approximate surface area is 94.7 Å². The molecular formula is C13H14N2O. The standard InChI is InChI=1S/C13H14N2O/c1-11-8-14-15(9-11)10-13(16)7-12-5-3-2-4-6-12/h2-6,8-9H,7,10H2,1H3. The van der Waals surface area contributed by atoms with Crippen LogP contribution < -0.4 is 0 Å². The van der Waals surface area contributed by atoms with Crippen molar-refractivity contribution >= 4 is 5.78 Å².